The summed E-state index contributed by atoms with van der Waals surface area (Å²) in [5, 5.41) is 12.8. The lowest BCUT2D eigenvalue weighted by Gasteiger charge is -2.40. The van der Waals surface area contributed by atoms with E-state index >= 15 is 0 Å². The quantitative estimate of drug-likeness (QED) is 0.485. The normalized spacial score (nSPS) is 19.6. The molecule has 0 spiro atoms. The number of anilines is 1. The summed E-state index contributed by atoms with van der Waals surface area (Å²) in [6.07, 6.45) is 2.14. The first-order valence-electron chi connectivity index (χ1n) is 12.0. The monoisotopic (exact) mass is 482 g/mol. The summed E-state index contributed by atoms with van der Waals surface area (Å²) >= 11 is 0. The molecule has 0 radical (unpaired) electrons. The van der Waals surface area contributed by atoms with Crippen LogP contribution >= 0.6 is 0 Å². The number of halogens is 1. The van der Waals surface area contributed by atoms with Gasteiger partial charge in [0.25, 0.3) is 0 Å². The number of rotatable bonds is 8. The average molecular weight is 483 g/mol. The molecule has 2 saturated heterocycles. The fraction of sp³-hybridized carbons (Fsp3) is 0.480. The number of benzene rings is 2. The Balaban J connectivity index is 1.47. The summed E-state index contributed by atoms with van der Waals surface area (Å²) in [6, 6.07) is 12.4. The van der Waals surface area contributed by atoms with E-state index in [1.807, 2.05) is 35.0 Å². The average Bonchev–Trinajstić information content (AvgIpc) is 3.58. The lowest BCUT2D eigenvalue weighted by molar-refractivity contribution is 0.0906. The van der Waals surface area contributed by atoms with E-state index in [1.165, 1.54) is 6.07 Å². The maximum atomic E-state index is 14.4. The van der Waals surface area contributed by atoms with Gasteiger partial charge in [0, 0.05) is 38.3 Å². The highest BCUT2D eigenvalue weighted by atomic mass is 19.1. The minimum absolute atomic E-state index is 0.100. The summed E-state index contributed by atoms with van der Waals surface area (Å²) in [6.45, 7) is 4.12. The van der Waals surface area contributed by atoms with Gasteiger partial charge < -0.3 is 19.1 Å². The highest BCUT2D eigenvalue weighted by Gasteiger charge is 2.34. The van der Waals surface area contributed by atoms with Gasteiger partial charge >= 0.3 is 0 Å². The van der Waals surface area contributed by atoms with Gasteiger partial charge in [0.15, 0.2) is 5.82 Å². The van der Waals surface area contributed by atoms with Crippen LogP contribution in [0.5, 0.6) is 11.5 Å². The fourth-order valence-corrected chi connectivity index (χ4v) is 5.00. The van der Waals surface area contributed by atoms with Crippen molar-refractivity contribution < 1.29 is 18.6 Å². The molecule has 0 saturated carbocycles. The second kappa shape index (κ2) is 10.6. The minimum Gasteiger partial charge on any atom is -0.497 e. The molecule has 3 heterocycles. The van der Waals surface area contributed by atoms with Gasteiger partial charge in [0.2, 0.25) is 0 Å². The topological polar surface area (TPSA) is 77.8 Å². The van der Waals surface area contributed by atoms with E-state index in [4.69, 9.17) is 14.2 Å². The lowest BCUT2D eigenvalue weighted by Crippen LogP contribution is -2.48. The first kappa shape index (κ1) is 23.5. The zero-order chi connectivity index (χ0) is 24.2. The fourth-order valence-electron chi connectivity index (χ4n) is 5.00. The van der Waals surface area contributed by atoms with E-state index in [1.54, 1.807) is 20.3 Å². The van der Waals surface area contributed by atoms with Crippen LogP contribution in [0.15, 0.2) is 42.5 Å². The van der Waals surface area contributed by atoms with Crippen LogP contribution in [0.4, 0.5) is 10.1 Å². The highest BCUT2D eigenvalue weighted by molar-refractivity contribution is 5.48. The largest absolute Gasteiger partial charge is 0.497 e. The third kappa shape index (κ3) is 4.94. The van der Waals surface area contributed by atoms with Crippen molar-refractivity contribution in [3.63, 3.8) is 0 Å². The van der Waals surface area contributed by atoms with Gasteiger partial charge in [-0.2, -0.15) is 0 Å². The van der Waals surface area contributed by atoms with Gasteiger partial charge in [-0.05, 0) is 53.6 Å². The van der Waals surface area contributed by atoms with Crippen molar-refractivity contribution in [2.45, 2.75) is 31.5 Å². The lowest BCUT2D eigenvalue weighted by atomic mass is 10.0. The molecule has 2 aliphatic heterocycles. The molecule has 2 fully saturated rings. The molecular formula is C25H31FN6O3. The van der Waals surface area contributed by atoms with Crippen LogP contribution in [-0.2, 0) is 11.3 Å². The molecule has 9 nitrogen and oxygen atoms in total. The molecule has 0 aliphatic carbocycles. The SMILES string of the molecule is COc1ccc(OC)c(C(c2nnnn2CC2CCCO2)N2CCN(c3ccccc3F)CC2)c1. The van der Waals surface area contributed by atoms with E-state index in [0.29, 0.717) is 38.4 Å². The van der Waals surface area contributed by atoms with Crippen LogP contribution in [-0.4, -0.2) is 78.2 Å². The molecule has 1 aromatic heterocycles. The van der Waals surface area contributed by atoms with Gasteiger partial charge in [-0.3, -0.25) is 4.90 Å². The van der Waals surface area contributed by atoms with Crippen LogP contribution in [0.2, 0.25) is 0 Å². The van der Waals surface area contributed by atoms with Crippen molar-refractivity contribution in [1.29, 1.82) is 0 Å². The molecule has 3 aromatic rings. The molecule has 0 N–H and O–H groups in total. The van der Waals surface area contributed by atoms with Crippen molar-refractivity contribution in [3.8, 4) is 11.5 Å². The highest BCUT2D eigenvalue weighted by Crippen LogP contribution is 2.37. The summed E-state index contributed by atoms with van der Waals surface area (Å²) < 4.78 is 33.4. The summed E-state index contributed by atoms with van der Waals surface area (Å²) in [7, 11) is 3.31. The Labute approximate surface area is 204 Å². The molecule has 0 bridgehead atoms. The zero-order valence-electron chi connectivity index (χ0n) is 20.1. The first-order valence-corrected chi connectivity index (χ1v) is 12.0. The van der Waals surface area contributed by atoms with E-state index in [9.17, 15) is 4.39 Å². The Morgan fingerprint density at radius 1 is 1.09 bits per heavy atom. The summed E-state index contributed by atoms with van der Waals surface area (Å²) in [5.74, 6) is 1.99. The summed E-state index contributed by atoms with van der Waals surface area (Å²) in [4.78, 5) is 4.41. The molecular weight excluding hydrogens is 451 g/mol. The zero-order valence-corrected chi connectivity index (χ0v) is 20.1. The Morgan fingerprint density at radius 2 is 1.91 bits per heavy atom. The van der Waals surface area contributed by atoms with Crippen LogP contribution in [0, 0.1) is 5.82 Å². The summed E-state index contributed by atoms with van der Waals surface area (Å²) in [5.41, 5.74) is 1.56. The molecule has 2 aromatic carbocycles. The number of nitrogens with zero attached hydrogens (tertiary/aromatic N) is 6. The van der Waals surface area contributed by atoms with E-state index < -0.39 is 0 Å². The Morgan fingerprint density at radius 3 is 2.63 bits per heavy atom. The van der Waals surface area contributed by atoms with Gasteiger partial charge in [-0.15, -0.1) is 5.10 Å². The molecule has 186 valence electrons. The maximum absolute atomic E-state index is 14.4. The smallest absolute Gasteiger partial charge is 0.173 e. The molecule has 5 rings (SSSR count). The van der Waals surface area contributed by atoms with Crippen molar-refractivity contribution in [2.75, 3.05) is 51.9 Å². The number of ether oxygens (including phenoxy) is 3. The van der Waals surface area contributed by atoms with Gasteiger partial charge in [0.05, 0.1) is 32.6 Å². The maximum Gasteiger partial charge on any atom is 0.173 e. The van der Waals surface area contributed by atoms with Crippen molar-refractivity contribution in [3.05, 3.63) is 59.7 Å². The number of hydrogen-bond donors (Lipinski definition) is 0. The van der Waals surface area contributed by atoms with Gasteiger partial charge in [-0.25, -0.2) is 9.07 Å². The number of para-hydroxylation sites is 1. The van der Waals surface area contributed by atoms with Gasteiger partial charge in [0.1, 0.15) is 23.4 Å². The van der Waals surface area contributed by atoms with Crippen molar-refractivity contribution in [2.24, 2.45) is 0 Å². The number of piperazine rings is 1. The Bertz CT molecular complexity index is 1130. The predicted molar refractivity (Wildman–Crippen MR) is 128 cm³/mol. The van der Waals surface area contributed by atoms with E-state index in [0.717, 1.165) is 42.3 Å². The van der Waals surface area contributed by atoms with E-state index in [-0.39, 0.29) is 18.0 Å². The first-order chi connectivity index (χ1) is 17.2. The predicted octanol–water partition coefficient (Wildman–Crippen LogP) is 2.92. The Kier molecular flexibility index (Phi) is 7.10. The Hall–Kier alpha value is -3.24. The van der Waals surface area contributed by atoms with Crippen LogP contribution in [0.3, 0.4) is 0 Å². The third-order valence-electron chi connectivity index (χ3n) is 6.81. The molecule has 2 atom stereocenters. The van der Waals surface area contributed by atoms with Crippen molar-refractivity contribution >= 4 is 5.69 Å². The number of tetrazole rings is 1. The second-order valence-corrected chi connectivity index (χ2v) is 8.84. The second-order valence-electron chi connectivity index (χ2n) is 8.84. The molecule has 0 amide bonds. The standard InChI is InChI=1S/C25H31FN6O3/c1-33-18-9-10-23(34-2)20(16-18)24(25-27-28-29-32(25)17-19-6-5-15-35-19)31-13-11-30(12-14-31)22-8-4-3-7-21(22)26/h3-4,7-10,16,19,24H,5-6,11-15,17H2,1-2H3. The molecule has 10 heteroatoms. The minimum atomic E-state index is -0.265. The van der Waals surface area contributed by atoms with Crippen LogP contribution < -0.4 is 14.4 Å². The van der Waals surface area contributed by atoms with Crippen LogP contribution in [0.25, 0.3) is 0 Å². The third-order valence-corrected chi connectivity index (χ3v) is 6.81. The molecule has 2 aliphatic rings. The van der Waals surface area contributed by atoms with Crippen molar-refractivity contribution in [1.82, 2.24) is 25.1 Å². The van der Waals surface area contributed by atoms with Crippen LogP contribution in [0.1, 0.15) is 30.3 Å². The molecule has 35 heavy (non-hydrogen) atoms. The van der Waals surface area contributed by atoms with Gasteiger partial charge in [-0.1, -0.05) is 12.1 Å². The van der Waals surface area contributed by atoms with E-state index in [2.05, 4.69) is 25.3 Å². The number of hydrogen-bond acceptors (Lipinski definition) is 8. The number of aromatic nitrogens is 4. The number of methoxy groups -OCH3 is 2. The molecule has 2 unspecified atom stereocenters.